The number of nitrogens with two attached hydrogens (primary N) is 1. The lowest BCUT2D eigenvalue weighted by Crippen LogP contribution is -1.96. The van der Waals surface area contributed by atoms with Crippen molar-refractivity contribution >= 4 is 17.5 Å². The third-order valence-electron chi connectivity index (χ3n) is 2.38. The predicted octanol–water partition coefficient (Wildman–Crippen LogP) is 1.81. The van der Waals surface area contributed by atoms with Crippen LogP contribution in [0.1, 0.15) is 0 Å². The molecule has 0 amide bonds. The minimum atomic E-state index is 0.242. The molecule has 0 saturated carbocycles. The largest absolute Gasteiger partial charge is 0.493 e. The minimum Gasteiger partial charge on any atom is -0.493 e. The Labute approximate surface area is 108 Å². The Morgan fingerprint density at radius 1 is 1.06 bits per heavy atom. The van der Waals surface area contributed by atoms with E-state index in [1.165, 1.54) is 11.5 Å². The van der Waals surface area contributed by atoms with E-state index in [0.29, 0.717) is 22.3 Å². The molecule has 2 aromatic rings. The van der Waals surface area contributed by atoms with Crippen molar-refractivity contribution < 1.29 is 14.2 Å². The Morgan fingerprint density at radius 3 is 2.28 bits per heavy atom. The maximum absolute atomic E-state index is 5.53. The van der Waals surface area contributed by atoms with Gasteiger partial charge in [0.15, 0.2) is 11.5 Å². The monoisotopic (exact) mass is 267 g/mol. The molecule has 96 valence electrons. The van der Waals surface area contributed by atoms with Crippen molar-refractivity contribution in [3.63, 3.8) is 0 Å². The van der Waals surface area contributed by atoms with Gasteiger partial charge in [0.2, 0.25) is 11.7 Å². The zero-order chi connectivity index (χ0) is 13.1. The molecule has 0 unspecified atom stereocenters. The van der Waals surface area contributed by atoms with Crippen LogP contribution in [-0.2, 0) is 0 Å². The van der Waals surface area contributed by atoms with Crippen molar-refractivity contribution in [1.82, 2.24) is 9.36 Å². The first-order chi connectivity index (χ1) is 8.71. The molecule has 0 spiro atoms. The van der Waals surface area contributed by atoms with Crippen LogP contribution in [0.4, 0.5) is 5.95 Å². The standard InChI is InChI=1S/C11H13N3O3S/c1-15-7-5-4-6(8(16-2)9(7)17-3)10-13-11(12)14-18-10/h4-5H,1-3H3,(H2,12,14). The zero-order valence-electron chi connectivity index (χ0n) is 10.3. The molecule has 1 aromatic heterocycles. The van der Waals surface area contributed by atoms with Crippen molar-refractivity contribution in [3.8, 4) is 27.8 Å². The fraction of sp³-hybridized carbons (Fsp3) is 0.273. The lowest BCUT2D eigenvalue weighted by atomic mass is 10.2. The van der Waals surface area contributed by atoms with Gasteiger partial charge in [-0.2, -0.15) is 9.36 Å². The Hall–Kier alpha value is -2.02. The second-order valence-electron chi connectivity index (χ2n) is 3.34. The number of anilines is 1. The van der Waals surface area contributed by atoms with Gasteiger partial charge in [-0.05, 0) is 23.7 Å². The lowest BCUT2D eigenvalue weighted by molar-refractivity contribution is 0.325. The van der Waals surface area contributed by atoms with Crippen molar-refractivity contribution in [2.75, 3.05) is 27.1 Å². The third-order valence-corrected chi connectivity index (χ3v) is 3.14. The van der Waals surface area contributed by atoms with Crippen LogP contribution in [0.15, 0.2) is 12.1 Å². The number of hydrogen-bond donors (Lipinski definition) is 1. The van der Waals surface area contributed by atoms with Crippen LogP contribution in [0.25, 0.3) is 10.6 Å². The number of hydrogen-bond acceptors (Lipinski definition) is 7. The van der Waals surface area contributed by atoms with E-state index in [0.717, 1.165) is 5.56 Å². The summed E-state index contributed by atoms with van der Waals surface area (Å²) in [6.45, 7) is 0. The Balaban J connectivity index is 2.61. The maximum Gasteiger partial charge on any atom is 0.232 e. The summed E-state index contributed by atoms with van der Waals surface area (Å²) in [5, 5.41) is 0.672. The maximum atomic E-state index is 5.53. The van der Waals surface area contributed by atoms with E-state index in [1.54, 1.807) is 27.4 Å². The lowest BCUT2D eigenvalue weighted by Gasteiger charge is -2.14. The van der Waals surface area contributed by atoms with Gasteiger partial charge in [-0.1, -0.05) is 0 Å². The van der Waals surface area contributed by atoms with Crippen molar-refractivity contribution in [2.24, 2.45) is 0 Å². The van der Waals surface area contributed by atoms with E-state index in [1.807, 2.05) is 6.07 Å². The van der Waals surface area contributed by atoms with Crippen LogP contribution < -0.4 is 19.9 Å². The van der Waals surface area contributed by atoms with Crippen LogP contribution in [0.3, 0.4) is 0 Å². The topological polar surface area (TPSA) is 79.5 Å². The van der Waals surface area contributed by atoms with Crippen LogP contribution in [0.5, 0.6) is 17.2 Å². The highest BCUT2D eigenvalue weighted by molar-refractivity contribution is 7.09. The molecule has 0 aliphatic heterocycles. The first kappa shape index (κ1) is 12.4. The highest BCUT2D eigenvalue weighted by Gasteiger charge is 2.19. The summed E-state index contributed by atoms with van der Waals surface area (Å²) in [6.07, 6.45) is 0. The number of methoxy groups -OCH3 is 3. The zero-order valence-corrected chi connectivity index (χ0v) is 11.1. The molecular formula is C11H13N3O3S. The number of benzene rings is 1. The molecule has 2 N–H and O–H groups in total. The van der Waals surface area contributed by atoms with Gasteiger partial charge in [0.1, 0.15) is 5.01 Å². The Morgan fingerprint density at radius 2 is 1.78 bits per heavy atom. The molecule has 1 heterocycles. The summed E-state index contributed by atoms with van der Waals surface area (Å²) in [7, 11) is 4.68. The average Bonchev–Trinajstić information content (AvgIpc) is 2.83. The molecule has 18 heavy (non-hydrogen) atoms. The van der Waals surface area contributed by atoms with Crippen LogP contribution in [-0.4, -0.2) is 30.7 Å². The van der Waals surface area contributed by atoms with Crippen molar-refractivity contribution in [2.45, 2.75) is 0 Å². The molecule has 0 fully saturated rings. The fourth-order valence-electron chi connectivity index (χ4n) is 1.61. The van der Waals surface area contributed by atoms with Gasteiger partial charge < -0.3 is 19.9 Å². The number of ether oxygens (including phenoxy) is 3. The molecule has 0 atom stereocenters. The second kappa shape index (κ2) is 5.09. The van der Waals surface area contributed by atoms with Crippen LogP contribution >= 0.6 is 11.5 Å². The van der Waals surface area contributed by atoms with E-state index < -0.39 is 0 Å². The summed E-state index contributed by atoms with van der Waals surface area (Å²) in [5.41, 5.74) is 6.29. The van der Waals surface area contributed by atoms with Gasteiger partial charge in [0.25, 0.3) is 0 Å². The summed E-state index contributed by atoms with van der Waals surface area (Å²) in [5.74, 6) is 1.90. The minimum absolute atomic E-state index is 0.242. The molecular weight excluding hydrogens is 254 g/mol. The van der Waals surface area contributed by atoms with Gasteiger partial charge in [-0.15, -0.1) is 0 Å². The van der Waals surface area contributed by atoms with E-state index in [2.05, 4.69) is 9.36 Å². The first-order valence-electron chi connectivity index (χ1n) is 5.09. The van der Waals surface area contributed by atoms with Crippen LogP contribution in [0.2, 0.25) is 0 Å². The smallest absolute Gasteiger partial charge is 0.232 e. The number of nitrogens with zero attached hydrogens (tertiary/aromatic N) is 2. The average molecular weight is 267 g/mol. The highest BCUT2D eigenvalue weighted by atomic mass is 32.1. The molecule has 1 aromatic carbocycles. The second-order valence-corrected chi connectivity index (χ2v) is 4.09. The summed E-state index contributed by atoms with van der Waals surface area (Å²) in [6, 6.07) is 3.62. The predicted molar refractivity (Wildman–Crippen MR) is 69.4 cm³/mol. The van der Waals surface area contributed by atoms with Gasteiger partial charge in [-0.3, -0.25) is 0 Å². The Kier molecular flexibility index (Phi) is 3.52. The van der Waals surface area contributed by atoms with Crippen molar-refractivity contribution in [1.29, 1.82) is 0 Å². The molecule has 2 rings (SSSR count). The van der Waals surface area contributed by atoms with Gasteiger partial charge in [-0.25, -0.2) is 0 Å². The van der Waals surface area contributed by atoms with Crippen molar-refractivity contribution in [3.05, 3.63) is 12.1 Å². The molecule has 7 heteroatoms. The quantitative estimate of drug-likeness (QED) is 0.910. The van der Waals surface area contributed by atoms with Gasteiger partial charge >= 0.3 is 0 Å². The van der Waals surface area contributed by atoms with E-state index in [-0.39, 0.29) is 5.95 Å². The highest BCUT2D eigenvalue weighted by Crippen LogP contribution is 2.44. The summed E-state index contributed by atoms with van der Waals surface area (Å²) >= 11 is 1.20. The van der Waals surface area contributed by atoms with Crippen LogP contribution in [0, 0.1) is 0 Å². The number of nitrogen functional groups attached to an aromatic ring is 1. The molecule has 6 nitrogen and oxygen atoms in total. The number of aromatic nitrogens is 2. The molecule has 0 aliphatic rings. The Bertz CT molecular complexity index is 556. The van der Waals surface area contributed by atoms with Gasteiger partial charge in [0.05, 0.1) is 26.9 Å². The van der Waals surface area contributed by atoms with E-state index in [4.69, 9.17) is 19.9 Å². The molecule has 0 bridgehead atoms. The van der Waals surface area contributed by atoms with E-state index >= 15 is 0 Å². The third kappa shape index (κ3) is 2.04. The van der Waals surface area contributed by atoms with Gasteiger partial charge in [0, 0.05) is 0 Å². The molecule has 0 aliphatic carbocycles. The number of rotatable bonds is 4. The summed E-state index contributed by atoms with van der Waals surface area (Å²) < 4.78 is 19.8. The first-order valence-corrected chi connectivity index (χ1v) is 5.87. The molecule has 0 radical (unpaired) electrons. The van der Waals surface area contributed by atoms with E-state index in [9.17, 15) is 0 Å². The summed E-state index contributed by atoms with van der Waals surface area (Å²) in [4.78, 5) is 4.13. The normalized spacial score (nSPS) is 10.2. The molecule has 0 saturated heterocycles. The SMILES string of the molecule is COc1ccc(-c2nc(N)ns2)c(OC)c1OC. The fourth-order valence-corrected chi connectivity index (χ4v) is 2.23.